The second-order valence-corrected chi connectivity index (χ2v) is 2.90. The number of nitrogens with two attached hydrogens (primary N) is 1. The third-order valence-electron chi connectivity index (χ3n) is 1.97. The maximum absolute atomic E-state index is 11.0. The molecule has 0 amide bonds. The lowest BCUT2D eigenvalue weighted by atomic mass is 10.0. The Hall–Kier alpha value is -1.10. The van der Waals surface area contributed by atoms with E-state index in [1.54, 1.807) is 24.3 Å². The van der Waals surface area contributed by atoms with Crippen LogP contribution in [0.1, 0.15) is 11.6 Å². The van der Waals surface area contributed by atoms with Crippen molar-refractivity contribution in [3.63, 3.8) is 0 Å². The standard InChI is InChI=1S/C10H13NO3.ClH/c1-14-10(13)9(12)8(11)7-5-3-2-4-6-7;/h2-6,8-9,12H,11H2,1H3;1H/t8-,9+;/m1./s1. The van der Waals surface area contributed by atoms with Gasteiger partial charge in [-0.1, -0.05) is 30.3 Å². The van der Waals surface area contributed by atoms with E-state index >= 15 is 0 Å². The zero-order valence-corrected chi connectivity index (χ0v) is 9.11. The second-order valence-electron chi connectivity index (χ2n) is 2.90. The van der Waals surface area contributed by atoms with Crippen molar-refractivity contribution in [2.45, 2.75) is 12.1 Å². The first-order chi connectivity index (χ1) is 6.66. The number of methoxy groups -OCH3 is 1. The smallest absolute Gasteiger partial charge is 0.336 e. The van der Waals surface area contributed by atoms with E-state index < -0.39 is 18.1 Å². The molecule has 3 N–H and O–H groups in total. The molecule has 84 valence electrons. The van der Waals surface area contributed by atoms with E-state index in [9.17, 15) is 9.90 Å². The predicted octanol–water partition coefficient (Wildman–Crippen LogP) is 0.642. The van der Waals surface area contributed by atoms with Gasteiger partial charge in [-0.2, -0.15) is 0 Å². The molecule has 2 atom stereocenters. The molecule has 0 saturated carbocycles. The number of hydrogen-bond donors (Lipinski definition) is 2. The highest BCUT2D eigenvalue weighted by Gasteiger charge is 2.24. The third-order valence-corrected chi connectivity index (χ3v) is 1.97. The summed E-state index contributed by atoms with van der Waals surface area (Å²) in [4.78, 5) is 11.0. The van der Waals surface area contributed by atoms with Gasteiger partial charge in [-0.25, -0.2) is 4.79 Å². The molecule has 0 unspecified atom stereocenters. The van der Waals surface area contributed by atoms with Crippen molar-refractivity contribution in [2.24, 2.45) is 5.73 Å². The van der Waals surface area contributed by atoms with E-state index in [4.69, 9.17) is 5.73 Å². The van der Waals surface area contributed by atoms with Crippen molar-refractivity contribution in [1.29, 1.82) is 0 Å². The van der Waals surface area contributed by atoms with Gasteiger partial charge in [0.05, 0.1) is 13.2 Å². The van der Waals surface area contributed by atoms with Gasteiger partial charge in [0.2, 0.25) is 0 Å². The molecule has 0 aromatic heterocycles. The van der Waals surface area contributed by atoms with Crippen LogP contribution in [0.15, 0.2) is 30.3 Å². The molecule has 1 rings (SSSR count). The number of benzene rings is 1. The Labute approximate surface area is 94.5 Å². The Kier molecular flexibility index (Phi) is 5.93. The first-order valence-corrected chi connectivity index (χ1v) is 4.23. The van der Waals surface area contributed by atoms with Crippen molar-refractivity contribution in [1.82, 2.24) is 0 Å². The van der Waals surface area contributed by atoms with Crippen LogP contribution < -0.4 is 5.73 Å². The number of ether oxygens (including phenoxy) is 1. The van der Waals surface area contributed by atoms with Crippen molar-refractivity contribution in [2.75, 3.05) is 7.11 Å². The molecule has 0 saturated heterocycles. The van der Waals surface area contributed by atoms with Crippen LogP contribution in [-0.2, 0) is 9.53 Å². The average Bonchev–Trinajstić information content (AvgIpc) is 2.27. The van der Waals surface area contributed by atoms with E-state index in [2.05, 4.69) is 4.74 Å². The summed E-state index contributed by atoms with van der Waals surface area (Å²) in [6.07, 6.45) is -1.32. The average molecular weight is 232 g/mol. The van der Waals surface area contributed by atoms with E-state index in [0.29, 0.717) is 5.56 Å². The molecule has 1 aromatic carbocycles. The minimum atomic E-state index is -1.32. The van der Waals surface area contributed by atoms with E-state index in [1.165, 1.54) is 7.11 Å². The van der Waals surface area contributed by atoms with Crippen LogP contribution >= 0.6 is 12.4 Å². The Bertz CT molecular complexity index is 305. The molecule has 4 nitrogen and oxygen atoms in total. The molecule has 0 radical (unpaired) electrons. The number of carbonyl (C=O) groups excluding carboxylic acids is 1. The van der Waals surface area contributed by atoms with E-state index in [0.717, 1.165) is 0 Å². The van der Waals surface area contributed by atoms with Gasteiger partial charge in [0.15, 0.2) is 6.10 Å². The maximum Gasteiger partial charge on any atom is 0.336 e. The SMILES string of the molecule is COC(=O)[C@@H](O)[C@H](N)c1ccccc1.Cl. The van der Waals surface area contributed by atoms with E-state index in [1.807, 2.05) is 6.07 Å². The Morgan fingerprint density at radius 2 is 1.93 bits per heavy atom. The molecular weight excluding hydrogens is 218 g/mol. The summed E-state index contributed by atoms with van der Waals surface area (Å²) in [6.45, 7) is 0. The second kappa shape index (κ2) is 6.40. The normalized spacial score (nSPS) is 13.5. The molecule has 0 bridgehead atoms. The molecule has 5 heteroatoms. The fraction of sp³-hybridized carbons (Fsp3) is 0.300. The maximum atomic E-state index is 11.0. The van der Waals surface area contributed by atoms with Gasteiger partial charge < -0.3 is 15.6 Å². The monoisotopic (exact) mass is 231 g/mol. The minimum Gasteiger partial charge on any atom is -0.467 e. The van der Waals surface area contributed by atoms with Crippen LogP contribution in [-0.4, -0.2) is 24.3 Å². The molecule has 0 aliphatic rings. The number of carbonyl (C=O) groups is 1. The van der Waals surface area contributed by atoms with Crippen molar-refractivity contribution >= 4 is 18.4 Å². The van der Waals surface area contributed by atoms with Crippen LogP contribution in [0, 0.1) is 0 Å². The summed E-state index contributed by atoms with van der Waals surface area (Å²) in [5, 5.41) is 9.44. The lowest BCUT2D eigenvalue weighted by Crippen LogP contribution is -2.34. The largest absolute Gasteiger partial charge is 0.467 e. The lowest BCUT2D eigenvalue weighted by molar-refractivity contribution is -0.151. The lowest BCUT2D eigenvalue weighted by Gasteiger charge is -2.16. The van der Waals surface area contributed by atoms with Gasteiger partial charge in [-0.3, -0.25) is 0 Å². The molecule has 15 heavy (non-hydrogen) atoms. The van der Waals surface area contributed by atoms with Crippen LogP contribution in [0.5, 0.6) is 0 Å². The van der Waals surface area contributed by atoms with Crippen LogP contribution in [0.3, 0.4) is 0 Å². The van der Waals surface area contributed by atoms with Gasteiger partial charge >= 0.3 is 5.97 Å². The summed E-state index contributed by atoms with van der Waals surface area (Å²) >= 11 is 0. The van der Waals surface area contributed by atoms with Crippen LogP contribution in [0.2, 0.25) is 0 Å². The van der Waals surface area contributed by atoms with Crippen LogP contribution in [0.4, 0.5) is 0 Å². The summed E-state index contributed by atoms with van der Waals surface area (Å²) in [7, 11) is 1.21. The molecule has 0 spiro atoms. The quantitative estimate of drug-likeness (QED) is 0.749. The summed E-state index contributed by atoms with van der Waals surface area (Å²) in [6, 6.07) is 8.16. The number of aliphatic hydroxyl groups excluding tert-OH is 1. The van der Waals surface area contributed by atoms with E-state index in [-0.39, 0.29) is 12.4 Å². The number of rotatable bonds is 3. The summed E-state index contributed by atoms with van der Waals surface area (Å²) in [5.74, 6) is -0.721. The Morgan fingerprint density at radius 3 is 2.40 bits per heavy atom. The van der Waals surface area contributed by atoms with Gasteiger partial charge in [0.25, 0.3) is 0 Å². The molecule has 0 aliphatic heterocycles. The first-order valence-electron chi connectivity index (χ1n) is 4.23. The topological polar surface area (TPSA) is 72.5 Å². The first kappa shape index (κ1) is 13.9. The molecule has 0 heterocycles. The van der Waals surface area contributed by atoms with Crippen molar-refractivity contribution in [3.8, 4) is 0 Å². The fourth-order valence-electron chi connectivity index (χ4n) is 1.12. The molecular formula is C10H14ClNO3. The van der Waals surface area contributed by atoms with Crippen LogP contribution in [0.25, 0.3) is 0 Å². The Balaban J connectivity index is 0.00000196. The Morgan fingerprint density at radius 1 is 1.40 bits per heavy atom. The summed E-state index contributed by atoms with van der Waals surface area (Å²) < 4.78 is 4.39. The third kappa shape index (κ3) is 3.51. The van der Waals surface area contributed by atoms with Gasteiger partial charge in [0, 0.05) is 0 Å². The molecule has 0 aliphatic carbocycles. The highest BCUT2D eigenvalue weighted by atomic mass is 35.5. The number of aliphatic hydroxyl groups is 1. The van der Waals surface area contributed by atoms with Gasteiger partial charge in [-0.05, 0) is 5.56 Å². The number of halogens is 1. The summed E-state index contributed by atoms with van der Waals surface area (Å²) in [5.41, 5.74) is 6.36. The minimum absolute atomic E-state index is 0. The molecule has 0 fully saturated rings. The van der Waals surface area contributed by atoms with Crippen molar-refractivity contribution in [3.05, 3.63) is 35.9 Å². The number of esters is 1. The highest BCUT2D eigenvalue weighted by Crippen LogP contribution is 2.14. The predicted molar refractivity (Wildman–Crippen MR) is 58.6 cm³/mol. The van der Waals surface area contributed by atoms with Crippen molar-refractivity contribution < 1.29 is 14.6 Å². The zero-order valence-electron chi connectivity index (χ0n) is 8.29. The fourth-order valence-corrected chi connectivity index (χ4v) is 1.12. The zero-order chi connectivity index (χ0) is 10.6. The van der Waals surface area contributed by atoms with Gasteiger partial charge in [0.1, 0.15) is 0 Å². The highest BCUT2D eigenvalue weighted by molar-refractivity contribution is 5.85. The number of hydrogen-bond acceptors (Lipinski definition) is 4. The molecule has 1 aromatic rings. The van der Waals surface area contributed by atoms with Gasteiger partial charge in [-0.15, -0.1) is 12.4 Å².